The molecule has 4 heteroatoms. The predicted molar refractivity (Wildman–Crippen MR) is 70.6 cm³/mol. The molecular weight excluding hydrogens is 284 g/mol. The van der Waals surface area contributed by atoms with Gasteiger partial charge in [0.25, 0.3) is 0 Å². The molecule has 0 aliphatic heterocycles. The van der Waals surface area contributed by atoms with Crippen LogP contribution in [0.2, 0.25) is 0 Å². The average Bonchev–Trinajstić information content (AvgIpc) is 2.28. The Balaban J connectivity index is 2.66. The van der Waals surface area contributed by atoms with Crippen molar-refractivity contribution in [2.75, 3.05) is 13.9 Å². The number of hydrogen-bond acceptors (Lipinski definition) is 3. The Morgan fingerprint density at radius 2 is 2.06 bits per heavy atom. The van der Waals surface area contributed by atoms with Gasteiger partial charge in [-0.15, -0.1) is 0 Å². The molecule has 0 aliphatic carbocycles. The van der Waals surface area contributed by atoms with E-state index in [-0.39, 0.29) is 12.5 Å². The number of hydrogen-bond donors (Lipinski definition) is 1. The minimum Gasteiger partial charge on any atom is -0.507 e. The van der Waals surface area contributed by atoms with Gasteiger partial charge < -0.3 is 14.6 Å². The van der Waals surface area contributed by atoms with Gasteiger partial charge >= 0.3 is 0 Å². The van der Waals surface area contributed by atoms with Gasteiger partial charge in [0.2, 0.25) is 0 Å². The quantitative estimate of drug-likeness (QED) is 0.880. The molecule has 0 radical (unpaired) electrons. The molecule has 2 aromatic carbocycles. The first-order chi connectivity index (χ1) is 8.13. The summed E-state index contributed by atoms with van der Waals surface area (Å²) in [5, 5.41) is 11.6. The molecule has 3 nitrogen and oxygen atoms in total. The number of ether oxygens (including phenoxy) is 2. The molecule has 90 valence electrons. The lowest BCUT2D eigenvalue weighted by atomic mass is 10.1. The van der Waals surface area contributed by atoms with Crippen molar-refractivity contribution in [3.63, 3.8) is 0 Å². The number of methoxy groups -OCH3 is 1. The van der Waals surface area contributed by atoms with Crippen LogP contribution in [0.3, 0.4) is 0 Å². The van der Waals surface area contributed by atoms with Crippen LogP contribution in [0.5, 0.6) is 11.5 Å². The van der Waals surface area contributed by atoms with E-state index in [2.05, 4.69) is 15.9 Å². The Hall–Kier alpha value is -1.26. The van der Waals surface area contributed by atoms with Crippen LogP contribution in [0, 0.1) is 6.92 Å². The maximum Gasteiger partial charge on any atom is 0.188 e. The molecule has 0 aromatic heterocycles. The van der Waals surface area contributed by atoms with Gasteiger partial charge in [-0.1, -0.05) is 15.9 Å². The number of phenolic OH excluding ortho intramolecular Hbond substituents is 1. The minimum absolute atomic E-state index is 0.157. The fourth-order valence-corrected chi connectivity index (χ4v) is 2.22. The molecule has 2 aromatic rings. The van der Waals surface area contributed by atoms with Crippen LogP contribution in [0.1, 0.15) is 5.56 Å². The van der Waals surface area contributed by atoms with Gasteiger partial charge in [0.1, 0.15) is 11.5 Å². The van der Waals surface area contributed by atoms with Crippen molar-refractivity contribution in [2.24, 2.45) is 0 Å². The summed E-state index contributed by atoms with van der Waals surface area (Å²) in [5.41, 5.74) is 1.000. The first-order valence-corrected chi connectivity index (χ1v) is 5.96. The lowest BCUT2D eigenvalue weighted by molar-refractivity contribution is 0.0521. The average molecular weight is 297 g/mol. The molecule has 17 heavy (non-hydrogen) atoms. The minimum atomic E-state index is 0.157. The van der Waals surface area contributed by atoms with Crippen LogP contribution < -0.4 is 4.74 Å². The zero-order valence-electron chi connectivity index (χ0n) is 9.66. The van der Waals surface area contributed by atoms with Crippen molar-refractivity contribution in [1.82, 2.24) is 0 Å². The van der Waals surface area contributed by atoms with Crippen molar-refractivity contribution >= 4 is 26.7 Å². The van der Waals surface area contributed by atoms with Crippen molar-refractivity contribution in [3.05, 3.63) is 34.3 Å². The Bertz CT molecular complexity index is 552. The van der Waals surface area contributed by atoms with E-state index < -0.39 is 0 Å². The topological polar surface area (TPSA) is 38.7 Å². The molecule has 0 atom stereocenters. The standard InChI is InChI=1S/C13H13BrO3/c1-8-5-9-10(14)3-4-12(17-7-16-2)13(9)11(15)6-8/h3-6,15H,7H2,1-2H3. The third-order valence-electron chi connectivity index (χ3n) is 2.48. The van der Waals surface area contributed by atoms with E-state index in [0.717, 1.165) is 15.4 Å². The highest BCUT2D eigenvalue weighted by Crippen LogP contribution is 2.38. The lowest BCUT2D eigenvalue weighted by Gasteiger charge is -2.11. The summed E-state index contributed by atoms with van der Waals surface area (Å²) < 4.78 is 11.2. The van der Waals surface area contributed by atoms with E-state index in [0.29, 0.717) is 11.1 Å². The maximum absolute atomic E-state index is 10.0. The number of benzene rings is 2. The second-order valence-corrected chi connectivity index (χ2v) is 4.66. The van der Waals surface area contributed by atoms with Crippen LogP contribution in [0.25, 0.3) is 10.8 Å². The highest BCUT2D eigenvalue weighted by Gasteiger charge is 2.10. The number of phenols is 1. The van der Waals surface area contributed by atoms with Crippen LogP contribution >= 0.6 is 15.9 Å². The Labute approximate surface area is 108 Å². The maximum atomic E-state index is 10.0. The van der Waals surface area contributed by atoms with E-state index in [4.69, 9.17) is 9.47 Å². The Kier molecular flexibility index (Phi) is 3.54. The Morgan fingerprint density at radius 1 is 1.29 bits per heavy atom. The zero-order chi connectivity index (χ0) is 12.4. The van der Waals surface area contributed by atoms with Crippen LogP contribution in [0.4, 0.5) is 0 Å². The second kappa shape index (κ2) is 4.94. The summed E-state index contributed by atoms with van der Waals surface area (Å²) in [4.78, 5) is 0. The van der Waals surface area contributed by atoms with E-state index >= 15 is 0 Å². The van der Waals surface area contributed by atoms with E-state index in [9.17, 15) is 5.11 Å². The lowest BCUT2D eigenvalue weighted by Crippen LogP contribution is -1.99. The molecule has 0 fully saturated rings. The number of fused-ring (bicyclic) bond motifs is 1. The summed E-state index contributed by atoms with van der Waals surface area (Å²) in [6.45, 7) is 2.10. The molecule has 1 N–H and O–H groups in total. The summed E-state index contributed by atoms with van der Waals surface area (Å²) >= 11 is 3.47. The van der Waals surface area contributed by atoms with Gasteiger partial charge in [-0.25, -0.2) is 0 Å². The predicted octanol–water partition coefficient (Wildman–Crippen LogP) is 3.60. The second-order valence-electron chi connectivity index (χ2n) is 3.80. The molecule has 0 bridgehead atoms. The van der Waals surface area contributed by atoms with Crippen LogP contribution in [-0.4, -0.2) is 19.0 Å². The van der Waals surface area contributed by atoms with Gasteiger partial charge in [-0.3, -0.25) is 0 Å². The highest BCUT2D eigenvalue weighted by atomic mass is 79.9. The Morgan fingerprint density at radius 3 is 2.76 bits per heavy atom. The summed E-state index contributed by atoms with van der Waals surface area (Å²) in [7, 11) is 1.56. The summed E-state index contributed by atoms with van der Waals surface area (Å²) in [5.74, 6) is 0.829. The van der Waals surface area contributed by atoms with Crippen molar-refractivity contribution < 1.29 is 14.6 Å². The van der Waals surface area contributed by atoms with Crippen molar-refractivity contribution in [2.45, 2.75) is 6.92 Å². The third kappa shape index (κ3) is 2.37. The highest BCUT2D eigenvalue weighted by molar-refractivity contribution is 9.10. The molecule has 2 rings (SSSR count). The van der Waals surface area contributed by atoms with Crippen molar-refractivity contribution in [1.29, 1.82) is 0 Å². The SMILES string of the molecule is COCOc1ccc(Br)c2cc(C)cc(O)c12. The molecular formula is C13H13BrO3. The van der Waals surface area contributed by atoms with Gasteiger partial charge in [-0.2, -0.15) is 0 Å². The smallest absolute Gasteiger partial charge is 0.188 e. The molecule has 0 spiro atoms. The summed E-state index contributed by atoms with van der Waals surface area (Å²) in [6, 6.07) is 7.42. The number of rotatable bonds is 3. The third-order valence-corrected chi connectivity index (χ3v) is 3.17. The van der Waals surface area contributed by atoms with Crippen LogP contribution in [0.15, 0.2) is 28.7 Å². The molecule has 0 saturated heterocycles. The summed E-state index contributed by atoms with van der Waals surface area (Å²) in [6.07, 6.45) is 0. The number of aryl methyl sites for hydroxylation is 1. The number of halogens is 1. The fraction of sp³-hybridized carbons (Fsp3) is 0.231. The molecule has 0 unspecified atom stereocenters. The number of aromatic hydroxyl groups is 1. The molecule has 0 saturated carbocycles. The zero-order valence-corrected chi connectivity index (χ0v) is 11.2. The van der Waals surface area contributed by atoms with Crippen molar-refractivity contribution in [3.8, 4) is 11.5 Å². The first-order valence-electron chi connectivity index (χ1n) is 5.17. The fourth-order valence-electron chi connectivity index (χ4n) is 1.78. The largest absolute Gasteiger partial charge is 0.507 e. The van der Waals surface area contributed by atoms with E-state index in [1.165, 1.54) is 0 Å². The van der Waals surface area contributed by atoms with Gasteiger partial charge in [-0.05, 0) is 36.8 Å². The normalized spacial score (nSPS) is 10.8. The van der Waals surface area contributed by atoms with Gasteiger partial charge in [0.15, 0.2) is 6.79 Å². The molecule has 0 heterocycles. The van der Waals surface area contributed by atoms with E-state index in [1.54, 1.807) is 19.2 Å². The van der Waals surface area contributed by atoms with Crippen LogP contribution in [-0.2, 0) is 4.74 Å². The van der Waals surface area contributed by atoms with Gasteiger partial charge in [0, 0.05) is 17.0 Å². The van der Waals surface area contributed by atoms with Gasteiger partial charge in [0.05, 0.1) is 5.39 Å². The first kappa shape index (κ1) is 12.2. The molecule has 0 aliphatic rings. The molecule has 0 amide bonds. The van der Waals surface area contributed by atoms with E-state index in [1.807, 2.05) is 19.1 Å². The monoisotopic (exact) mass is 296 g/mol.